The van der Waals surface area contributed by atoms with Crippen LogP contribution in [0.3, 0.4) is 0 Å². The molecule has 8 heteroatoms. The van der Waals surface area contributed by atoms with Gasteiger partial charge in [0.2, 0.25) is 0 Å². The zero-order chi connectivity index (χ0) is 13.7. The fourth-order valence-electron chi connectivity index (χ4n) is 1.85. The van der Waals surface area contributed by atoms with Crippen molar-refractivity contribution in [2.75, 3.05) is 13.1 Å². The first kappa shape index (κ1) is 13.7. The normalized spacial score (nSPS) is 20.1. The zero-order valence-corrected chi connectivity index (χ0v) is 12.1. The predicted octanol–water partition coefficient (Wildman–Crippen LogP) is 0.136. The highest BCUT2D eigenvalue weighted by Crippen LogP contribution is 2.34. The molecule has 0 atom stereocenters. The third-order valence-electron chi connectivity index (χ3n) is 3.33. The van der Waals surface area contributed by atoms with Crippen molar-refractivity contribution in [1.82, 2.24) is 9.29 Å². The number of hydrogen-bond acceptors (Lipinski definition) is 5. The SMILES string of the molecule is Cc1[nH]c(=O)sc1S(=O)(=O)N1CC(O)(C(C)C)C1. The summed E-state index contributed by atoms with van der Waals surface area (Å²) in [5.74, 6) is -0.00462. The van der Waals surface area contributed by atoms with Crippen LogP contribution in [0.4, 0.5) is 0 Å². The van der Waals surface area contributed by atoms with Gasteiger partial charge in [-0.3, -0.25) is 4.79 Å². The molecule has 1 aromatic rings. The molecule has 1 aliphatic rings. The molecule has 0 saturated carbocycles. The molecule has 2 heterocycles. The molecule has 0 radical (unpaired) electrons. The fourth-order valence-corrected chi connectivity index (χ4v) is 4.85. The highest BCUT2D eigenvalue weighted by molar-refractivity contribution is 7.91. The molecule has 0 unspecified atom stereocenters. The van der Waals surface area contributed by atoms with E-state index in [1.54, 1.807) is 6.92 Å². The second-order valence-corrected chi connectivity index (χ2v) is 8.07. The summed E-state index contributed by atoms with van der Waals surface area (Å²) < 4.78 is 25.7. The number of aryl methyl sites for hydroxylation is 1. The lowest BCUT2D eigenvalue weighted by atomic mass is 9.85. The topological polar surface area (TPSA) is 90.5 Å². The Morgan fingerprint density at radius 3 is 2.39 bits per heavy atom. The maximum Gasteiger partial charge on any atom is 0.305 e. The van der Waals surface area contributed by atoms with E-state index in [-0.39, 0.29) is 28.1 Å². The summed E-state index contributed by atoms with van der Waals surface area (Å²) in [6.07, 6.45) is 0. The molecule has 0 aromatic carbocycles. The molecule has 1 saturated heterocycles. The van der Waals surface area contributed by atoms with Gasteiger partial charge in [0.1, 0.15) is 0 Å². The van der Waals surface area contributed by atoms with Crippen molar-refractivity contribution >= 4 is 21.4 Å². The zero-order valence-electron chi connectivity index (χ0n) is 10.4. The van der Waals surface area contributed by atoms with Gasteiger partial charge in [-0.15, -0.1) is 0 Å². The maximum atomic E-state index is 12.2. The van der Waals surface area contributed by atoms with Crippen molar-refractivity contribution in [3.8, 4) is 0 Å². The Hall–Kier alpha value is -0.700. The lowest BCUT2D eigenvalue weighted by molar-refractivity contribution is -0.0932. The number of hydrogen-bond donors (Lipinski definition) is 2. The molecule has 18 heavy (non-hydrogen) atoms. The predicted molar refractivity (Wildman–Crippen MR) is 68.2 cm³/mol. The molecule has 1 fully saturated rings. The first-order valence-corrected chi connectivity index (χ1v) is 7.85. The Bertz CT molecular complexity index is 608. The number of aromatic amines is 1. The number of nitrogens with zero attached hydrogens (tertiary/aromatic N) is 1. The van der Waals surface area contributed by atoms with E-state index in [2.05, 4.69) is 4.98 Å². The van der Waals surface area contributed by atoms with Gasteiger partial charge in [0.15, 0.2) is 4.21 Å². The molecule has 1 aliphatic heterocycles. The molecule has 102 valence electrons. The van der Waals surface area contributed by atoms with Crippen molar-refractivity contribution in [2.24, 2.45) is 5.92 Å². The monoisotopic (exact) mass is 292 g/mol. The molecular formula is C10H16N2O4S2. The van der Waals surface area contributed by atoms with Gasteiger partial charge < -0.3 is 10.1 Å². The maximum absolute atomic E-state index is 12.2. The van der Waals surface area contributed by atoms with Gasteiger partial charge in [-0.2, -0.15) is 4.31 Å². The van der Waals surface area contributed by atoms with Crippen molar-refractivity contribution in [2.45, 2.75) is 30.6 Å². The number of nitrogens with one attached hydrogen (secondary N) is 1. The number of sulfonamides is 1. The smallest absolute Gasteiger partial charge is 0.305 e. The summed E-state index contributed by atoms with van der Waals surface area (Å²) in [5.41, 5.74) is -0.604. The lowest BCUT2D eigenvalue weighted by Gasteiger charge is -2.47. The van der Waals surface area contributed by atoms with Crippen LogP contribution in [0.5, 0.6) is 0 Å². The van der Waals surface area contributed by atoms with E-state index in [1.165, 1.54) is 4.31 Å². The van der Waals surface area contributed by atoms with E-state index in [9.17, 15) is 18.3 Å². The Balaban J connectivity index is 2.26. The van der Waals surface area contributed by atoms with Gasteiger partial charge in [0.05, 0.1) is 5.60 Å². The van der Waals surface area contributed by atoms with Crippen LogP contribution < -0.4 is 4.87 Å². The molecule has 1 aromatic heterocycles. The quantitative estimate of drug-likeness (QED) is 0.829. The highest BCUT2D eigenvalue weighted by atomic mass is 32.2. The second kappa shape index (κ2) is 4.16. The van der Waals surface area contributed by atoms with E-state index >= 15 is 0 Å². The Labute approximate surface area is 109 Å². The lowest BCUT2D eigenvalue weighted by Crippen LogP contribution is -2.65. The summed E-state index contributed by atoms with van der Waals surface area (Å²) in [6.45, 7) is 5.42. The van der Waals surface area contributed by atoms with Crippen molar-refractivity contribution in [1.29, 1.82) is 0 Å². The number of aromatic nitrogens is 1. The van der Waals surface area contributed by atoms with Gasteiger partial charge in [-0.25, -0.2) is 8.42 Å². The van der Waals surface area contributed by atoms with Gasteiger partial charge >= 0.3 is 4.87 Å². The van der Waals surface area contributed by atoms with Crippen molar-refractivity contribution in [3.05, 3.63) is 15.4 Å². The standard InChI is InChI=1S/C10H16N2O4S2/c1-6(2)10(14)4-12(5-10)18(15,16)8-7(3)11-9(13)17-8/h6,14H,4-5H2,1-3H3,(H,11,13). The number of rotatable bonds is 3. The molecular weight excluding hydrogens is 276 g/mol. The molecule has 2 N–H and O–H groups in total. The summed E-state index contributed by atoms with van der Waals surface area (Å²) in [5, 5.41) is 10.1. The van der Waals surface area contributed by atoms with E-state index in [0.29, 0.717) is 17.0 Å². The van der Waals surface area contributed by atoms with Gasteiger partial charge in [0, 0.05) is 18.8 Å². The molecule has 0 spiro atoms. The Morgan fingerprint density at radius 2 is 2.00 bits per heavy atom. The van der Waals surface area contributed by atoms with Crippen molar-refractivity contribution in [3.63, 3.8) is 0 Å². The van der Waals surface area contributed by atoms with E-state index in [0.717, 1.165) is 0 Å². The molecule has 2 rings (SSSR count). The van der Waals surface area contributed by atoms with Crippen LogP contribution in [0, 0.1) is 12.8 Å². The summed E-state index contributed by atoms with van der Waals surface area (Å²) in [6, 6.07) is 0. The van der Waals surface area contributed by atoms with Gasteiger partial charge in [-0.05, 0) is 12.8 Å². The van der Waals surface area contributed by atoms with Crippen LogP contribution in [0.2, 0.25) is 0 Å². The Morgan fingerprint density at radius 1 is 1.44 bits per heavy atom. The third kappa shape index (κ3) is 2.03. The van der Waals surface area contributed by atoms with E-state index in [1.807, 2.05) is 13.8 Å². The number of thiazole rings is 1. The number of H-pyrrole nitrogens is 1. The van der Waals surface area contributed by atoms with Crippen LogP contribution in [-0.4, -0.2) is 41.5 Å². The van der Waals surface area contributed by atoms with Crippen LogP contribution >= 0.6 is 11.3 Å². The Kier molecular flexibility index (Phi) is 3.17. The molecule has 6 nitrogen and oxygen atoms in total. The first-order chi connectivity index (χ1) is 8.17. The average Bonchev–Trinajstić information content (AvgIpc) is 2.53. The summed E-state index contributed by atoms with van der Waals surface area (Å²) in [4.78, 5) is 13.2. The minimum Gasteiger partial charge on any atom is -0.387 e. The van der Waals surface area contributed by atoms with Crippen LogP contribution in [0.25, 0.3) is 0 Å². The third-order valence-corrected chi connectivity index (χ3v) is 6.70. The molecule has 0 bridgehead atoms. The fraction of sp³-hybridized carbons (Fsp3) is 0.700. The van der Waals surface area contributed by atoms with Gasteiger partial charge in [-0.1, -0.05) is 25.2 Å². The van der Waals surface area contributed by atoms with Crippen LogP contribution in [0.1, 0.15) is 19.5 Å². The van der Waals surface area contributed by atoms with Gasteiger partial charge in [0.25, 0.3) is 10.0 Å². The number of aliphatic hydroxyl groups is 1. The van der Waals surface area contributed by atoms with E-state index < -0.39 is 15.6 Å². The first-order valence-electron chi connectivity index (χ1n) is 5.59. The molecule has 0 aliphatic carbocycles. The molecule has 0 amide bonds. The van der Waals surface area contributed by atoms with E-state index in [4.69, 9.17) is 0 Å². The van der Waals surface area contributed by atoms with Crippen LogP contribution in [0.15, 0.2) is 9.00 Å². The highest BCUT2D eigenvalue weighted by Gasteiger charge is 2.49. The van der Waals surface area contributed by atoms with Crippen molar-refractivity contribution < 1.29 is 13.5 Å². The summed E-state index contributed by atoms with van der Waals surface area (Å²) in [7, 11) is -3.66. The average molecular weight is 292 g/mol. The summed E-state index contributed by atoms with van der Waals surface area (Å²) >= 11 is 0.685. The van der Waals surface area contributed by atoms with Crippen LogP contribution in [-0.2, 0) is 10.0 Å². The largest absolute Gasteiger partial charge is 0.387 e. The second-order valence-electron chi connectivity index (χ2n) is 4.96. The minimum absolute atomic E-state index is 0.00462. The number of β-amino-alcohol motifs (C(OH)–C–C–N with tert-alkyl or cyclic N) is 1. The minimum atomic E-state index is -3.66.